The third-order valence-corrected chi connectivity index (χ3v) is 4.27. The van der Waals surface area contributed by atoms with E-state index < -0.39 is 9.85 Å². The van der Waals surface area contributed by atoms with Gasteiger partial charge in [0.2, 0.25) is 11.6 Å². The lowest BCUT2D eigenvalue weighted by Gasteiger charge is -2.22. The molecule has 11 heteroatoms. The highest BCUT2D eigenvalue weighted by Crippen LogP contribution is 2.35. The number of aromatic nitrogens is 2. The number of nitro groups is 2. The highest BCUT2D eigenvalue weighted by molar-refractivity contribution is 5.76. The standard InChI is InChI=1S/C19H19N7O4/c1-3-24(16-6-4-5-13(2)11-16)19-17(26(29)30)18(20-12-21-19)23-22-14-7-9-15(10-8-14)25(27)28/h4-12,22H,3H2,1-2H3,(H,20,21,23). The average Bonchev–Trinajstić information content (AvgIpc) is 2.73. The molecule has 0 aliphatic heterocycles. The van der Waals surface area contributed by atoms with Crippen molar-refractivity contribution in [3.8, 4) is 0 Å². The molecule has 0 spiro atoms. The van der Waals surface area contributed by atoms with E-state index in [2.05, 4.69) is 20.8 Å². The Morgan fingerprint density at radius 2 is 1.73 bits per heavy atom. The molecule has 30 heavy (non-hydrogen) atoms. The van der Waals surface area contributed by atoms with Crippen molar-refractivity contribution in [1.82, 2.24) is 9.97 Å². The van der Waals surface area contributed by atoms with Gasteiger partial charge in [0, 0.05) is 24.4 Å². The highest BCUT2D eigenvalue weighted by Gasteiger charge is 2.27. The number of hydrogen-bond acceptors (Lipinski definition) is 9. The number of non-ortho nitro benzene ring substituents is 1. The first-order valence-corrected chi connectivity index (χ1v) is 9.00. The van der Waals surface area contributed by atoms with Gasteiger partial charge in [-0.2, -0.15) is 0 Å². The summed E-state index contributed by atoms with van der Waals surface area (Å²) in [4.78, 5) is 31.4. The quantitative estimate of drug-likeness (QED) is 0.414. The minimum Gasteiger partial charge on any atom is -0.321 e. The van der Waals surface area contributed by atoms with Crippen LogP contribution in [0.3, 0.4) is 0 Å². The van der Waals surface area contributed by atoms with Crippen molar-refractivity contribution in [2.75, 3.05) is 22.3 Å². The number of hydrogen-bond donors (Lipinski definition) is 2. The summed E-state index contributed by atoms with van der Waals surface area (Å²) >= 11 is 0. The molecule has 0 unspecified atom stereocenters. The minimum absolute atomic E-state index is 0.0329. The van der Waals surface area contributed by atoms with Crippen molar-refractivity contribution in [1.29, 1.82) is 0 Å². The van der Waals surface area contributed by atoms with Crippen LogP contribution in [0, 0.1) is 27.2 Å². The van der Waals surface area contributed by atoms with Gasteiger partial charge in [-0.3, -0.25) is 31.1 Å². The first-order valence-electron chi connectivity index (χ1n) is 9.00. The van der Waals surface area contributed by atoms with Crippen molar-refractivity contribution in [3.63, 3.8) is 0 Å². The molecule has 11 nitrogen and oxygen atoms in total. The molecule has 0 bridgehead atoms. The van der Waals surface area contributed by atoms with Crippen LogP contribution in [0.1, 0.15) is 12.5 Å². The number of anilines is 4. The SMILES string of the molecule is CCN(c1cccc(C)c1)c1ncnc(NNc2ccc([N+](=O)[O-])cc2)c1[N+](=O)[O-]. The van der Waals surface area contributed by atoms with E-state index in [1.165, 1.54) is 30.6 Å². The van der Waals surface area contributed by atoms with E-state index >= 15 is 0 Å². The number of hydrazine groups is 1. The van der Waals surface area contributed by atoms with Crippen molar-refractivity contribution < 1.29 is 9.85 Å². The Morgan fingerprint density at radius 1 is 1.00 bits per heavy atom. The summed E-state index contributed by atoms with van der Waals surface area (Å²) < 4.78 is 0. The van der Waals surface area contributed by atoms with E-state index in [0.29, 0.717) is 12.2 Å². The Morgan fingerprint density at radius 3 is 2.33 bits per heavy atom. The van der Waals surface area contributed by atoms with Gasteiger partial charge in [-0.15, -0.1) is 0 Å². The fourth-order valence-electron chi connectivity index (χ4n) is 2.87. The lowest BCUT2D eigenvalue weighted by Crippen LogP contribution is -2.21. The van der Waals surface area contributed by atoms with Crippen LogP contribution in [-0.2, 0) is 0 Å². The molecule has 1 heterocycles. The molecular formula is C19H19N7O4. The van der Waals surface area contributed by atoms with Gasteiger partial charge in [0.05, 0.1) is 15.5 Å². The zero-order chi connectivity index (χ0) is 21.7. The first kappa shape index (κ1) is 20.5. The predicted octanol–water partition coefficient (Wildman–Crippen LogP) is 4.20. The number of benzene rings is 2. The summed E-state index contributed by atoms with van der Waals surface area (Å²) in [6.45, 7) is 4.26. The molecule has 3 rings (SSSR count). The maximum Gasteiger partial charge on any atom is 0.355 e. The van der Waals surface area contributed by atoms with Crippen molar-refractivity contribution in [2.45, 2.75) is 13.8 Å². The first-order chi connectivity index (χ1) is 14.4. The Balaban J connectivity index is 1.92. The zero-order valence-corrected chi connectivity index (χ0v) is 16.3. The van der Waals surface area contributed by atoms with Crippen LogP contribution < -0.4 is 15.8 Å². The number of nitrogens with one attached hydrogen (secondary N) is 2. The number of nitro benzene ring substituents is 1. The molecule has 154 valence electrons. The van der Waals surface area contributed by atoms with Crippen LogP contribution >= 0.6 is 0 Å². The number of aryl methyl sites for hydroxylation is 1. The smallest absolute Gasteiger partial charge is 0.321 e. The maximum absolute atomic E-state index is 11.8. The van der Waals surface area contributed by atoms with Gasteiger partial charge in [0.1, 0.15) is 6.33 Å². The maximum atomic E-state index is 11.8. The van der Waals surface area contributed by atoms with Crippen LogP contribution in [-0.4, -0.2) is 26.4 Å². The van der Waals surface area contributed by atoms with Crippen LogP contribution in [0.25, 0.3) is 0 Å². The van der Waals surface area contributed by atoms with Crippen LogP contribution in [0.5, 0.6) is 0 Å². The Kier molecular flexibility index (Phi) is 6.01. The summed E-state index contributed by atoms with van der Waals surface area (Å²) in [5.74, 6) is 0.116. The molecule has 3 aromatic rings. The average molecular weight is 409 g/mol. The molecule has 0 atom stereocenters. The predicted molar refractivity (Wildman–Crippen MR) is 113 cm³/mol. The van der Waals surface area contributed by atoms with E-state index in [-0.39, 0.29) is 23.0 Å². The summed E-state index contributed by atoms with van der Waals surface area (Å²) in [5.41, 5.74) is 7.37. The van der Waals surface area contributed by atoms with Gasteiger partial charge < -0.3 is 4.90 Å². The molecule has 0 saturated heterocycles. The molecule has 0 radical (unpaired) electrons. The minimum atomic E-state index is -0.548. The van der Waals surface area contributed by atoms with Crippen LogP contribution in [0.2, 0.25) is 0 Å². The van der Waals surface area contributed by atoms with E-state index in [1.54, 1.807) is 4.90 Å². The summed E-state index contributed by atoms with van der Waals surface area (Å²) in [6.07, 6.45) is 1.24. The second-order valence-corrected chi connectivity index (χ2v) is 6.29. The Labute approximate surface area is 171 Å². The largest absolute Gasteiger partial charge is 0.355 e. The van der Waals surface area contributed by atoms with Gasteiger partial charge in [-0.05, 0) is 43.7 Å². The molecule has 0 aliphatic rings. The molecule has 1 aromatic heterocycles. The lowest BCUT2D eigenvalue weighted by atomic mass is 10.2. The fraction of sp³-hybridized carbons (Fsp3) is 0.158. The topological polar surface area (TPSA) is 139 Å². The van der Waals surface area contributed by atoms with Gasteiger partial charge in [-0.1, -0.05) is 12.1 Å². The van der Waals surface area contributed by atoms with E-state index in [4.69, 9.17) is 0 Å². The molecular weight excluding hydrogens is 390 g/mol. The van der Waals surface area contributed by atoms with Crippen molar-refractivity contribution in [2.24, 2.45) is 0 Å². The molecule has 0 fully saturated rings. The van der Waals surface area contributed by atoms with Crippen molar-refractivity contribution >= 4 is 34.4 Å². The summed E-state index contributed by atoms with van der Waals surface area (Å²) in [7, 11) is 0. The Bertz CT molecular complexity index is 1070. The fourth-order valence-corrected chi connectivity index (χ4v) is 2.87. The second-order valence-electron chi connectivity index (χ2n) is 6.29. The van der Waals surface area contributed by atoms with Crippen LogP contribution in [0.4, 0.5) is 34.4 Å². The summed E-state index contributed by atoms with van der Waals surface area (Å²) in [5, 5.41) is 22.6. The van der Waals surface area contributed by atoms with E-state index in [9.17, 15) is 20.2 Å². The van der Waals surface area contributed by atoms with Crippen LogP contribution in [0.15, 0.2) is 54.9 Å². The zero-order valence-electron chi connectivity index (χ0n) is 16.3. The molecule has 0 saturated carbocycles. The van der Waals surface area contributed by atoms with Gasteiger partial charge >= 0.3 is 5.69 Å². The highest BCUT2D eigenvalue weighted by atomic mass is 16.6. The molecule has 2 aromatic carbocycles. The van der Waals surface area contributed by atoms with E-state index in [1.807, 2.05) is 38.1 Å². The third kappa shape index (κ3) is 4.41. The van der Waals surface area contributed by atoms with Gasteiger partial charge in [0.25, 0.3) is 5.69 Å². The number of nitrogens with zero attached hydrogens (tertiary/aromatic N) is 5. The molecule has 0 aliphatic carbocycles. The van der Waals surface area contributed by atoms with Crippen molar-refractivity contribution in [3.05, 3.63) is 80.7 Å². The van der Waals surface area contributed by atoms with Gasteiger partial charge in [-0.25, -0.2) is 9.97 Å². The number of rotatable bonds is 8. The third-order valence-electron chi connectivity index (χ3n) is 4.27. The lowest BCUT2D eigenvalue weighted by molar-refractivity contribution is -0.384. The monoisotopic (exact) mass is 409 g/mol. The molecule has 0 amide bonds. The summed E-state index contributed by atoms with van der Waals surface area (Å²) in [6, 6.07) is 13.2. The second kappa shape index (κ2) is 8.82. The van der Waals surface area contributed by atoms with E-state index in [0.717, 1.165) is 11.3 Å². The molecule has 2 N–H and O–H groups in total. The van der Waals surface area contributed by atoms with Gasteiger partial charge in [0.15, 0.2) is 0 Å². The normalized spacial score (nSPS) is 10.3. The Hall–Kier alpha value is -4.28.